The van der Waals surface area contributed by atoms with Crippen LogP contribution in [0.1, 0.15) is 5.69 Å². The Hall–Kier alpha value is -2.58. The number of carbonyl (C=O) groups is 1. The number of piperazine rings is 1. The first-order valence-electron chi connectivity index (χ1n) is 10.1. The molecule has 0 atom stereocenters. The Kier molecular flexibility index (Phi) is 7.09. The van der Waals surface area contributed by atoms with Crippen molar-refractivity contribution in [1.82, 2.24) is 9.88 Å². The molecule has 2 heterocycles. The van der Waals surface area contributed by atoms with E-state index < -0.39 is 0 Å². The highest BCUT2D eigenvalue weighted by molar-refractivity contribution is 7.99. The largest absolute Gasteiger partial charge is 0.497 e. The minimum Gasteiger partial charge on any atom is -0.497 e. The maximum absolute atomic E-state index is 13.1. The second-order valence-electron chi connectivity index (χ2n) is 7.21. The highest BCUT2D eigenvalue weighted by Crippen LogP contribution is 2.26. The van der Waals surface area contributed by atoms with Crippen molar-refractivity contribution in [3.63, 3.8) is 0 Å². The van der Waals surface area contributed by atoms with Crippen LogP contribution in [-0.4, -0.2) is 54.8 Å². The van der Waals surface area contributed by atoms with Gasteiger partial charge in [-0.1, -0.05) is 0 Å². The van der Waals surface area contributed by atoms with Crippen molar-refractivity contribution in [1.29, 1.82) is 0 Å². The van der Waals surface area contributed by atoms with Gasteiger partial charge in [-0.05, 0) is 48.5 Å². The minimum atomic E-state index is -0.251. The molecule has 0 bridgehead atoms. The van der Waals surface area contributed by atoms with Gasteiger partial charge in [-0.3, -0.25) is 4.79 Å². The zero-order chi connectivity index (χ0) is 21.6. The molecule has 162 valence electrons. The van der Waals surface area contributed by atoms with Crippen LogP contribution in [0.15, 0.2) is 53.9 Å². The van der Waals surface area contributed by atoms with Gasteiger partial charge in [0.2, 0.25) is 5.91 Å². The van der Waals surface area contributed by atoms with Crippen LogP contribution in [-0.2, 0) is 10.5 Å². The van der Waals surface area contributed by atoms with Crippen molar-refractivity contribution >= 4 is 34.7 Å². The van der Waals surface area contributed by atoms with E-state index in [1.54, 1.807) is 42.3 Å². The summed E-state index contributed by atoms with van der Waals surface area (Å²) in [7, 11) is 1.66. The summed E-state index contributed by atoms with van der Waals surface area (Å²) in [5.74, 6) is 1.91. The summed E-state index contributed by atoms with van der Waals surface area (Å²) in [4.78, 5) is 21.4. The van der Waals surface area contributed by atoms with Crippen LogP contribution >= 0.6 is 23.1 Å². The fourth-order valence-corrected chi connectivity index (χ4v) is 5.19. The van der Waals surface area contributed by atoms with Gasteiger partial charge in [0.15, 0.2) is 0 Å². The number of rotatable bonds is 7. The zero-order valence-corrected chi connectivity index (χ0v) is 18.9. The molecule has 0 radical (unpaired) electrons. The molecular formula is C23H24FN3O2S2. The minimum absolute atomic E-state index is 0.174. The van der Waals surface area contributed by atoms with Gasteiger partial charge in [-0.2, -0.15) is 0 Å². The quantitative estimate of drug-likeness (QED) is 0.521. The summed E-state index contributed by atoms with van der Waals surface area (Å²) in [6, 6.07) is 14.4. The molecule has 0 saturated carbocycles. The molecule has 8 heteroatoms. The third-order valence-electron chi connectivity index (χ3n) is 5.19. The van der Waals surface area contributed by atoms with E-state index in [0.29, 0.717) is 11.5 Å². The van der Waals surface area contributed by atoms with Gasteiger partial charge >= 0.3 is 0 Å². The molecule has 1 fully saturated rings. The predicted octanol–water partition coefficient (Wildman–Crippen LogP) is 4.54. The molecule has 1 aromatic heterocycles. The van der Waals surface area contributed by atoms with Crippen molar-refractivity contribution < 1.29 is 13.9 Å². The lowest BCUT2D eigenvalue weighted by Gasteiger charge is -2.36. The third-order valence-corrected chi connectivity index (χ3v) is 7.08. The van der Waals surface area contributed by atoms with E-state index in [9.17, 15) is 9.18 Å². The number of nitrogens with zero attached hydrogens (tertiary/aromatic N) is 3. The lowest BCUT2D eigenvalue weighted by Crippen LogP contribution is -2.49. The molecule has 0 N–H and O–H groups in total. The topological polar surface area (TPSA) is 45.7 Å². The maximum Gasteiger partial charge on any atom is 0.232 e. The summed E-state index contributed by atoms with van der Waals surface area (Å²) < 4.78 is 18.3. The van der Waals surface area contributed by atoms with Gasteiger partial charge in [-0.25, -0.2) is 9.37 Å². The van der Waals surface area contributed by atoms with Crippen LogP contribution in [0.5, 0.6) is 5.75 Å². The van der Waals surface area contributed by atoms with Crippen LogP contribution in [0, 0.1) is 5.82 Å². The number of carbonyl (C=O) groups excluding carboxylic acids is 1. The molecule has 1 aliphatic rings. The Morgan fingerprint density at radius 1 is 1.10 bits per heavy atom. The molecule has 3 aromatic rings. The average molecular weight is 458 g/mol. The van der Waals surface area contributed by atoms with E-state index in [4.69, 9.17) is 4.74 Å². The highest BCUT2D eigenvalue weighted by Gasteiger charge is 2.21. The monoisotopic (exact) mass is 457 g/mol. The summed E-state index contributed by atoms with van der Waals surface area (Å²) in [6.07, 6.45) is 0. The normalized spacial score (nSPS) is 14.0. The first-order valence-corrected chi connectivity index (χ1v) is 12.1. The van der Waals surface area contributed by atoms with E-state index in [1.807, 2.05) is 22.4 Å². The van der Waals surface area contributed by atoms with Crippen molar-refractivity contribution in [2.45, 2.75) is 5.75 Å². The van der Waals surface area contributed by atoms with Crippen molar-refractivity contribution in [3.8, 4) is 16.3 Å². The van der Waals surface area contributed by atoms with Crippen LogP contribution in [0.4, 0.5) is 10.1 Å². The Morgan fingerprint density at radius 2 is 1.81 bits per heavy atom. The van der Waals surface area contributed by atoms with Gasteiger partial charge in [0.1, 0.15) is 16.6 Å². The SMILES string of the molecule is COc1ccc(N2CCN(C(=O)CSCc3csc(-c4ccc(F)cc4)n3)CC2)cc1. The Morgan fingerprint density at radius 3 is 2.48 bits per heavy atom. The number of hydrogen-bond donors (Lipinski definition) is 0. The molecular weight excluding hydrogens is 433 g/mol. The number of thioether (sulfide) groups is 1. The Balaban J connectivity index is 1.21. The first kappa shape index (κ1) is 21.6. The van der Waals surface area contributed by atoms with Gasteiger partial charge < -0.3 is 14.5 Å². The third kappa shape index (κ3) is 5.57. The van der Waals surface area contributed by atoms with E-state index in [-0.39, 0.29) is 11.7 Å². The van der Waals surface area contributed by atoms with Crippen molar-refractivity contribution in [2.75, 3.05) is 43.9 Å². The number of methoxy groups -OCH3 is 1. The summed E-state index contributed by atoms with van der Waals surface area (Å²) in [5.41, 5.74) is 3.02. The molecule has 5 nitrogen and oxygen atoms in total. The number of hydrogen-bond acceptors (Lipinski definition) is 6. The van der Waals surface area contributed by atoms with Crippen LogP contribution in [0.25, 0.3) is 10.6 Å². The van der Waals surface area contributed by atoms with E-state index in [0.717, 1.165) is 53.9 Å². The highest BCUT2D eigenvalue weighted by atomic mass is 32.2. The second-order valence-corrected chi connectivity index (χ2v) is 9.05. The second kappa shape index (κ2) is 10.2. The summed E-state index contributed by atoms with van der Waals surface area (Å²) >= 11 is 3.13. The van der Waals surface area contributed by atoms with Gasteiger partial charge in [0.25, 0.3) is 0 Å². The van der Waals surface area contributed by atoms with Crippen molar-refractivity contribution in [3.05, 3.63) is 65.4 Å². The Labute approximate surface area is 189 Å². The lowest BCUT2D eigenvalue weighted by molar-refractivity contribution is -0.128. The zero-order valence-electron chi connectivity index (χ0n) is 17.3. The van der Waals surface area contributed by atoms with Crippen LogP contribution < -0.4 is 9.64 Å². The van der Waals surface area contributed by atoms with Crippen LogP contribution in [0.3, 0.4) is 0 Å². The molecule has 1 saturated heterocycles. The molecule has 2 aromatic carbocycles. The number of benzene rings is 2. The van der Waals surface area contributed by atoms with Gasteiger partial charge in [-0.15, -0.1) is 23.1 Å². The van der Waals surface area contributed by atoms with E-state index >= 15 is 0 Å². The smallest absolute Gasteiger partial charge is 0.232 e. The van der Waals surface area contributed by atoms with E-state index in [1.165, 1.54) is 12.1 Å². The van der Waals surface area contributed by atoms with Gasteiger partial charge in [0, 0.05) is 48.6 Å². The Bertz CT molecular complexity index is 1000. The fourth-order valence-electron chi connectivity index (χ4n) is 3.44. The number of amides is 1. The maximum atomic E-state index is 13.1. The average Bonchev–Trinajstić information content (AvgIpc) is 3.28. The van der Waals surface area contributed by atoms with Crippen LogP contribution in [0.2, 0.25) is 0 Å². The number of halogens is 1. The lowest BCUT2D eigenvalue weighted by atomic mass is 10.2. The van der Waals surface area contributed by atoms with Gasteiger partial charge in [0.05, 0.1) is 18.6 Å². The number of anilines is 1. The molecule has 31 heavy (non-hydrogen) atoms. The molecule has 0 aliphatic carbocycles. The molecule has 0 spiro atoms. The number of aromatic nitrogens is 1. The predicted molar refractivity (Wildman–Crippen MR) is 125 cm³/mol. The van der Waals surface area contributed by atoms with Crippen molar-refractivity contribution in [2.24, 2.45) is 0 Å². The molecule has 0 unspecified atom stereocenters. The summed E-state index contributed by atoms with van der Waals surface area (Å²) in [5, 5.41) is 2.88. The summed E-state index contributed by atoms with van der Waals surface area (Å²) in [6.45, 7) is 3.12. The number of thiazole rings is 1. The standard InChI is InChI=1S/C23H24FN3O2S2/c1-29-21-8-6-20(7-9-21)26-10-12-27(13-11-26)22(28)16-30-14-19-15-31-23(25-19)17-2-4-18(24)5-3-17/h2-9,15H,10-14,16H2,1H3. The first-order chi connectivity index (χ1) is 15.1. The molecule has 4 rings (SSSR count). The molecule has 1 amide bonds. The fraction of sp³-hybridized carbons (Fsp3) is 0.304. The molecule has 1 aliphatic heterocycles. The number of ether oxygens (including phenoxy) is 1. The van der Waals surface area contributed by atoms with E-state index in [2.05, 4.69) is 22.0 Å².